The van der Waals surface area contributed by atoms with Crippen LogP contribution in [-0.2, 0) is 33.9 Å². The van der Waals surface area contributed by atoms with Crippen LogP contribution < -0.4 is 19.1 Å². The van der Waals surface area contributed by atoms with Gasteiger partial charge in [-0.15, -0.1) is 0 Å². The highest BCUT2D eigenvalue weighted by Gasteiger charge is 2.62. The molecule has 7 atom stereocenters. The molecule has 3 fully saturated rings. The summed E-state index contributed by atoms with van der Waals surface area (Å²) >= 11 is 0. The van der Waals surface area contributed by atoms with E-state index in [1.165, 1.54) is 12.0 Å². The van der Waals surface area contributed by atoms with Crippen LogP contribution in [0.1, 0.15) is 85.5 Å². The summed E-state index contributed by atoms with van der Waals surface area (Å²) in [6, 6.07) is 3.95. The highest BCUT2D eigenvalue weighted by molar-refractivity contribution is 7.90. The largest absolute Gasteiger partial charge is 0.497 e. The van der Waals surface area contributed by atoms with Crippen molar-refractivity contribution >= 4 is 50.4 Å². The molecule has 1 saturated heterocycles. The molecule has 4 aliphatic rings. The molecule has 0 spiro atoms. The minimum absolute atomic E-state index is 0.0105. The first-order valence-corrected chi connectivity index (χ1v) is 21.6. The SMILES string of the molecule is COc1ccc2c(O[C@@H]3C[C@H]4C(=O)C[C@]5(C(=O)NS(=O)(=O)C6CC6)C[C@H]5/C=C\CC[C@H](C)C[C@@H](C)[C@H](CC(=O)OC(C)(C)C(F)(F)F)C(=O)N4C3)nc(N(C)C)nc2c1. The average molecular weight is 850 g/mol. The Bertz CT molecular complexity index is 2110. The molecule has 14 nitrogen and oxygen atoms in total. The van der Waals surface area contributed by atoms with Gasteiger partial charge in [-0.1, -0.05) is 26.0 Å². The van der Waals surface area contributed by atoms with Crippen molar-refractivity contribution in [1.82, 2.24) is 19.6 Å². The Hall–Kier alpha value is -4.48. The van der Waals surface area contributed by atoms with Crippen molar-refractivity contribution in [3.05, 3.63) is 30.4 Å². The lowest BCUT2D eigenvalue weighted by molar-refractivity contribution is -0.257. The van der Waals surface area contributed by atoms with Gasteiger partial charge in [-0.05, 0) is 82.3 Å². The Morgan fingerprint density at radius 2 is 1.78 bits per heavy atom. The number of esters is 1. The minimum atomic E-state index is -4.87. The third-order valence-corrected chi connectivity index (χ3v) is 14.0. The topological polar surface area (TPSA) is 174 Å². The van der Waals surface area contributed by atoms with Crippen LogP contribution in [0, 0.1) is 29.1 Å². The van der Waals surface area contributed by atoms with Gasteiger partial charge in [0.2, 0.25) is 39.3 Å². The smallest absolute Gasteiger partial charge is 0.427 e. The molecule has 0 bridgehead atoms. The number of Topliss-reactive ketones (excluding diaryl/α,β-unsaturated/α-hetero) is 1. The van der Waals surface area contributed by atoms with Gasteiger partial charge < -0.3 is 24.0 Å². The number of carbonyl (C=O) groups is 4. The van der Waals surface area contributed by atoms with E-state index >= 15 is 0 Å². The first kappa shape index (κ1) is 44.1. The van der Waals surface area contributed by atoms with Crippen LogP contribution in [0.25, 0.3) is 10.9 Å². The Morgan fingerprint density at radius 1 is 1.07 bits per heavy atom. The van der Waals surface area contributed by atoms with Gasteiger partial charge in [-0.2, -0.15) is 18.2 Å². The van der Waals surface area contributed by atoms with Crippen LogP contribution >= 0.6 is 0 Å². The van der Waals surface area contributed by atoms with E-state index in [2.05, 4.69) is 14.7 Å². The predicted octanol–water partition coefficient (Wildman–Crippen LogP) is 5.53. The molecule has 2 aromatic rings. The maximum Gasteiger partial charge on any atom is 0.427 e. The van der Waals surface area contributed by atoms with Gasteiger partial charge in [0.1, 0.15) is 11.9 Å². The summed E-state index contributed by atoms with van der Waals surface area (Å²) in [5, 5.41) is -0.149. The highest BCUT2D eigenvalue weighted by atomic mass is 32.2. The van der Waals surface area contributed by atoms with Gasteiger partial charge in [-0.3, -0.25) is 23.9 Å². The van der Waals surface area contributed by atoms with Crippen molar-refractivity contribution in [2.45, 2.75) is 115 Å². The first-order valence-electron chi connectivity index (χ1n) is 20.1. The quantitative estimate of drug-likeness (QED) is 0.234. The van der Waals surface area contributed by atoms with Gasteiger partial charge in [0, 0.05) is 33.0 Å². The molecule has 18 heteroatoms. The Balaban J connectivity index is 1.37. The third kappa shape index (κ3) is 9.62. The predicted molar refractivity (Wildman–Crippen MR) is 211 cm³/mol. The normalized spacial score (nSPS) is 28.7. The van der Waals surface area contributed by atoms with E-state index in [1.54, 1.807) is 44.1 Å². The Labute approximate surface area is 342 Å². The van der Waals surface area contributed by atoms with Crippen LogP contribution in [0.2, 0.25) is 0 Å². The Morgan fingerprint density at radius 3 is 2.42 bits per heavy atom. The number of anilines is 1. The molecule has 2 amide bonds. The number of ether oxygens (including phenoxy) is 3. The van der Waals surface area contributed by atoms with Gasteiger partial charge in [-0.25, -0.2) is 13.4 Å². The summed E-state index contributed by atoms with van der Waals surface area (Å²) in [4.78, 5) is 69.0. The van der Waals surface area contributed by atoms with E-state index in [4.69, 9.17) is 14.2 Å². The second kappa shape index (κ2) is 16.5. The van der Waals surface area contributed by atoms with Gasteiger partial charge in [0.25, 0.3) is 0 Å². The molecular weight excluding hydrogens is 796 g/mol. The van der Waals surface area contributed by atoms with Crippen LogP contribution in [-0.4, -0.2) is 104 Å². The summed E-state index contributed by atoms with van der Waals surface area (Å²) in [6.07, 6.45) is -0.283. The zero-order valence-electron chi connectivity index (χ0n) is 34.5. The van der Waals surface area contributed by atoms with Gasteiger partial charge in [0.05, 0.1) is 53.6 Å². The van der Waals surface area contributed by atoms with Crippen molar-refractivity contribution in [3.8, 4) is 11.6 Å². The number of alkyl halides is 3. The number of hydrogen-bond donors (Lipinski definition) is 1. The maximum atomic E-state index is 14.9. The molecule has 1 N–H and O–H groups in total. The molecule has 6 rings (SSSR count). The van der Waals surface area contributed by atoms with Crippen molar-refractivity contribution in [2.75, 3.05) is 32.6 Å². The fourth-order valence-electron chi connectivity index (χ4n) is 8.19. The summed E-state index contributed by atoms with van der Waals surface area (Å²) in [5.41, 5.74) is -3.69. The van der Waals surface area contributed by atoms with E-state index in [0.717, 1.165) is 13.8 Å². The number of benzene rings is 1. The highest BCUT2D eigenvalue weighted by Crippen LogP contribution is 2.57. The number of allylic oxidation sites excluding steroid dienone is 2. The monoisotopic (exact) mass is 849 g/mol. The molecule has 2 saturated carbocycles. The maximum absolute atomic E-state index is 14.9. The number of methoxy groups -OCH3 is 1. The van der Waals surface area contributed by atoms with Gasteiger partial charge in [0.15, 0.2) is 5.78 Å². The second-order valence-electron chi connectivity index (χ2n) is 17.5. The van der Waals surface area contributed by atoms with Crippen LogP contribution in [0.4, 0.5) is 19.1 Å². The zero-order chi connectivity index (χ0) is 43.2. The lowest BCUT2D eigenvalue weighted by Gasteiger charge is -2.33. The lowest BCUT2D eigenvalue weighted by atomic mass is 9.82. The summed E-state index contributed by atoms with van der Waals surface area (Å²) in [7, 11) is 1.08. The summed E-state index contributed by atoms with van der Waals surface area (Å²) < 4.78 is 86.3. The number of halogens is 3. The number of nitrogens with zero attached hydrogens (tertiary/aromatic N) is 4. The van der Waals surface area contributed by atoms with E-state index in [9.17, 15) is 40.8 Å². The lowest BCUT2D eigenvalue weighted by Crippen LogP contribution is -2.48. The van der Waals surface area contributed by atoms with Crippen molar-refractivity contribution in [1.29, 1.82) is 0 Å². The number of aromatic nitrogens is 2. The molecule has 59 heavy (non-hydrogen) atoms. The van der Waals surface area contributed by atoms with Crippen LogP contribution in [0.15, 0.2) is 30.4 Å². The number of nitrogens with one attached hydrogen (secondary N) is 1. The number of ketones is 1. The molecule has 3 heterocycles. The Kier molecular flexibility index (Phi) is 12.3. The van der Waals surface area contributed by atoms with E-state index in [-0.39, 0.29) is 37.6 Å². The first-order chi connectivity index (χ1) is 27.5. The van der Waals surface area contributed by atoms with Crippen LogP contribution in [0.3, 0.4) is 0 Å². The van der Waals surface area contributed by atoms with Crippen molar-refractivity contribution < 1.29 is 55.0 Å². The molecule has 0 radical (unpaired) electrons. The van der Waals surface area contributed by atoms with Gasteiger partial charge >= 0.3 is 12.1 Å². The van der Waals surface area contributed by atoms with Crippen LogP contribution in [0.5, 0.6) is 11.6 Å². The van der Waals surface area contributed by atoms with Crippen molar-refractivity contribution in [2.24, 2.45) is 29.1 Å². The van der Waals surface area contributed by atoms with E-state index < -0.39 is 92.4 Å². The molecule has 0 unspecified atom stereocenters. The third-order valence-electron chi connectivity index (χ3n) is 12.1. The molecule has 2 aliphatic carbocycles. The van der Waals surface area contributed by atoms with E-state index in [0.29, 0.717) is 54.7 Å². The second-order valence-corrected chi connectivity index (χ2v) is 19.5. The fraction of sp³-hybridized carbons (Fsp3) is 0.659. The van der Waals surface area contributed by atoms with Crippen molar-refractivity contribution in [3.63, 3.8) is 0 Å². The molecule has 324 valence electrons. The van der Waals surface area contributed by atoms with E-state index in [1.807, 2.05) is 19.1 Å². The summed E-state index contributed by atoms with van der Waals surface area (Å²) in [5.74, 6) is -4.23. The molecule has 2 aliphatic heterocycles. The number of sulfonamides is 1. The number of fused-ring (bicyclic) bond motifs is 3. The summed E-state index contributed by atoms with van der Waals surface area (Å²) in [6.45, 7) is 5.05. The molecular formula is C41H54F3N5O9S. The molecule has 1 aromatic heterocycles. The number of carbonyl (C=O) groups excluding carboxylic acids is 4. The minimum Gasteiger partial charge on any atom is -0.497 e. The number of amides is 2. The number of hydrogen-bond acceptors (Lipinski definition) is 12. The number of rotatable bonds is 10. The fourth-order valence-corrected chi connectivity index (χ4v) is 9.58. The zero-order valence-corrected chi connectivity index (χ0v) is 35.3. The average Bonchev–Trinajstić information content (AvgIpc) is 4.07. The standard InChI is InChI=1S/C41H54F3N5O9S/c1-23-10-8-9-11-25-20-40(25,37(53)47-59(54,55)28-13-14-28)21-33(50)32-18-27(57-35-29-15-12-26(56-7)17-31(29)45-38(46-35)48(5)6)22-49(32)36(52)30(24(2)16-23)19-34(51)58-39(3,4)41(42,43)44/h9,11-12,15,17,23-25,27-28,30,32H,8,10,13-14,16,18-22H2,1-7H3,(H,47,53)/b11-9-/t23-,24+,25+,27+,30-,32-,40+/m0/s1. The molecule has 1 aromatic carbocycles.